The molecule has 0 spiro atoms. The summed E-state index contributed by atoms with van der Waals surface area (Å²) in [5, 5.41) is 0. The zero-order valence-electron chi connectivity index (χ0n) is 20.3. The van der Waals surface area contributed by atoms with Gasteiger partial charge in [-0.25, -0.2) is 4.39 Å². The minimum atomic E-state index is -1.28. The van der Waals surface area contributed by atoms with Crippen LogP contribution < -0.4 is 0 Å². The van der Waals surface area contributed by atoms with Crippen LogP contribution in [0.5, 0.6) is 0 Å². The van der Waals surface area contributed by atoms with Gasteiger partial charge < -0.3 is 9.47 Å². The summed E-state index contributed by atoms with van der Waals surface area (Å²) < 4.78 is 16.1. The van der Waals surface area contributed by atoms with Gasteiger partial charge in [-0.2, -0.15) is 0 Å². The third-order valence-electron chi connectivity index (χ3n) is 6.10. The van der Waals surface area contributed by atoms with E-state index in [1.807, 2.05) is 31.0 Å². The molecule has 0 radical (unpaired) electrons. The molecule has 4 heteroatoms. The number of alkyl halides is 1. The molecule has 1 aliphatic heterocycles. The van der Waals surface area contributed by atoms with Crippen molar-refractivity contribution < 1.29 is 9.18 Å². The lowest BCUT2D eigenvalue weighted by Gasteiger charge is -2.20. The molecule has 0 atom stereocenters. The molecular weight excluding hydrogens is 399 g/mol. The second kappa shape index (κ2) is 9.32. The molecule has 0 unspecified atom stereocenters. The summed E-state index contributed by atoms with van der Waals surface area (Å²) in [6, 6.07) is 6.45. The highest BCUT2D eigenvalue weighted by atomic mass is 19.1. The lowest BCUT2D eigenvalue weighted by molar-refractivity contribution is -0.125. The van der Waals surface area contributed by atoms with Crippen LogP contribution in [0.1, 0.15) is 50.3 Å². The van der Waals surface area contributed by atoms with Crippen LogP contribution in [0.4, 0.5) is 4.39 Å². The number of halogens is 1. The highest BCUT2D eigenvalue weighted by molar-refractivity contribution is 6.01. The van der Waals surface area contributed by atoms with Crippen molar-refractivity contribution >= 4 is 5.91 Å². The topological polar surface area (TPSA) is 25.2 Å². The SMILES string of the molecule is C=C(CCC(C)(C)F)C1=C(/C=C\C)CN(Cc2ccc(-c3cn(C)cc3C)cc2C)C1=O. The second-order valence-electron chi connectivity index (χ2n) is 9.55. The molecule has 0 bridgehead atoms. The van der Waals surface area contributed by atoms with Crippen LogP contribution in [-0.2, 0) is 18.4 Å². The van der Waals surface area contributed by atoms with Crippen LogP contribution in [0.15, 0.2) is 66.0 Å². The fourth-order valence-corrected chi connectivity index (χ4v) is 4.33. The van der Waals surface area contributed by atoms with E-state index in [0.717, 1.165) is 22.3 Å². The molecule has 32 heavy (non-hydrogen) atoms. The molecule has 1 amide bonds. The maximum atomic E-state index is 14.0. The highest BCUT2D eigenvalue weighted by Gasteiger charge is 2.31. The summed E-state index contributed by atoms with van der Waals surface area (Å²) >= 11 is 0. The molecule has 0 fully saturated rings. The molecule has 3 nitrogen and oxygen atoms in total. The molecule has 0 saturated heterocycles. The number of rotatable bonds is 8. The van der Waals surface area contributed by atoms with E-state index >= 15 is 0 Å². The number of aromatic nitrogens is 1. The zero-order chi connectivity index (χ0) is 23.6. The molecule has 3 rings (SSSR count). The summed E-state index contributed by atoms with van der Waals surface area (Å²) in [6.07, 6.45) is 9.01. The maximum absolute atomic E-state index is 14.0. The van der Waals surface area contributed by atoms with Crippen molar-refractivity contribution in [3.63, 3.8) is 0 Å². The van der Waals surface area contributed by atoms with E-state index in [1.54, 1.807) is 13.8 Å². The number of carbonyl (C=O) groups is 1. The molecule has 0 saturated carbocycles. The summed E-state index contributed by atoms with van der Waals surface area (Å²) in [5.74, 6) is -0.0119. The van der Waals surface area contributed by atoms with Gasteiger partial charge in [0.05, 0.1) is 0 Å². The molecule has 2 aromatic rings. The Bertz CT molecular complexity index is 1100. The number of amides is 1. The minimum absolute atomic E-state index is 0.0119. The van der Waals surface area contributed by atoms with E-state index in [1.165, 1.54) is 16.7 Å². The van der Waals surface area contributed by atoms with Crippen LogP contribution in [0.2, 0.25) is 0 Å². The van der Waals surface area contributed by atoms with Crippen molar-refractivity contribution in [2.75, 3.05) is 6.54 Å². The lowest BCUT2D eigenvalue weighted by Crippen LogP contribution is -2.27. The van der Waals surface area contributed by atoms with E-state index in [9.17, 15) is 9.18 Å². The molecule has 0 aliphatic carbocycles. The predicted octanol–water partition coefficient (Wildman–Crippen LogP) is 6.61. The molecule has 170 valence electrons. The largest absolute Gasteiger partial charge is 0.356 e. The van der Waals surface area contributed by atoms with Crippen LogP contribution in [-0.4, -0.2) is 27.6 Å². The Morgan fingerprint density at radius 1 is 1.22 bits per heavy atom. The number of nitrogens with zero attached hydrogens (tertiary/aromatic N) is 2. The second-order valence-corrected chi connectivity index (χ2v) is 9.55. The number of aryl methyl sites for hydroxylation is 3. The Labute approximate surface area is 191 Å². The standard InChI is InChI=1S/C28H35FN2O/c1-8-9-24-17-31(27(32)26(24)19(2)12-13-28(5,6)29)16-23-11-10-22(14-20(23)3)25-18-30(7)15-21(25)4/h8-11,14-15,18H,2,12-13,16-17H2,1,3-7H3/b9-8-. The maximum Gasteiger partial charge on any atom is 0.255 e. The monoisotopic (exact) mass is 434 g/mol. The smallest absolute Gasteiger partial charge is 0.255 e. The first-order valence-electron chi connectivity index (χ1n) is 11.2. The van der Waals surface area contributed by atoms with Gasteiger partial charge in [-0.05, 0) is 80.9 Å². The van der Waals surface area contributed by atoms with E-state index in [4.69, 9.17) is 0 Å². The highest BCUT2D eigenvalue weighted by Crippen LogP contribution is 2.32. The third-order valence-corrected chi connectivity index (χ3v) is 6.10. The van der Waals surface area contributed by atoms with Crippen LogP contribution >= 0.6 is 0 Å². The van der Waals surface area contributed by atoms with E-state index in [-0.39, 0.29) is 5.91 Å². The fraction of sp³-hybridized carbons (Fsp3) is 0.393. The third kappa shape index (κ3) is 5.29. The van der Waals surface area contributed by atoms with Gasteiger partial charge in [0, 0.05) is 43.7 Å². The predicted molar refractivity (Wildman–Crippen MR) is 131 cm³/mol. The molecule has 1 aromatic carbocycles. The number of benzene rings is 1. The quantitative estimate of drug-likeness (QED) is 0.459. The van der Waals surface area contributed by atoms with Gasteiger partial charge in [-0.1, -0.05) is 36.9 Å². The van der Waals surface area contributed by atoms with Crippen molar-refractivity contribution in [1.29, 1.82) is 0 Å². The normalized spacial score (nSPS) is 14.8. The molecule has 0 N–H and O–H groups in total. The average molecular weight is 435 g/mol. The molecule has 1 aromatic heterocycles. The first kappa shape index (κ1) is 23.8. The summed E-state index contributed by atoms with van der Waals surface area (Å²) in [4.78, 5) is 15.2. The van der Waals surface area contributed by atoms with Gasteiger partial charge in [0.15, 0.2) is 0 Å². The molecule has 2 heterocycles. The van der Waals surface area contributed by atoms with Crippen LogP contribution in [0.25, 0.3) is 11.1 Å². The summed E-state index contributed by atoms with van der Waals surface area (Å²) in [7, 11) is 2.03. The van der Waals surface area contributed by atoms with Crippen molar-refractivity contribution in [3.05, 3.63) is 82.7 Å². The van der Waals surface area contributed by atoms with Crippen molar-refractivity contribution in [1.82, 2.24) is 9.47 Å². The Kier molecular flexibility index (Phi) is 6.92. The van der Waals surface area contributed by atoms with E-state index in [0.29, 0.717) is 31.5 Å². The van der Waals surface area contributed by atoms with Gasteiger partial charge in [0.1, 0.15) is 5.67 Å². The van der Waals surface area contributed by atoms with Gasteiger partial charge in [-0.3, -0.25) is 4.79 Å². The van der Waals surface area contributed by atoms with Gasteiger partial charge in [0.2, 0.25) is 0 Å². The summed E-state index contributed by atoms with van der Waals surface area (Å²) in [6.45, 7) is 14.5. The van der Waals surface area contributed by atoms with Crippen molar-refractivity contribution in [2.24, 2.45) is 7.05 Å². The van der Waals surface area contributed by atoms with Crippen molar-refractivity contribution in [2.45, 2.75) is 59.7 Å². The molecule has 1 aliphatic rings. The fourth-order valence-electron chi connectivity index (χ4n) is 4.33. The number of hydrogen-bond acceptors (Lipinski definition) is 1. The average Bonchev–Trinajstić information content (AvgIpc) is 3.19. The van der Waals surface area contributed by atoms with Gasteiger partial charge >= 0.3 is 0 Å². The number of carbonyl (C=O) groups excluding carboxylic acids is 1. The van der Waals surface area contributed by atoms with Crippen LogP contribution in [0, 0.1) is 13.8 Å². The van der Waals surface area contributed by atoms with E-state index in [2.05, 4.69) is 55.6 Å². The molecular formula is C28H35FN2O. The first-order chi connectivity index (χ1) is 15.0. The van der Waals surface area contributed by atoms with E-state index < -0.39 is 5.67 Å². The minimum Gasteiger partial charge on any atom is -0.356 e. The van der Waals surface area contributed by atoms with Crippen LogP contribution in [0.3, 0.4) is 0 Å². The van der Waals surface area contributed by atoms with Crippen molar-refractivity contribution in [3.8, 4) is 11.1 Å². The Hall–Kier alpha value is -2.88. The summed E-state index contributed by atoms with van der Waals surface area (Å²) in [5.41, 5.74) is 7.03. The number of hydrogen-bond donors (Lipinski definition) is 0. The van der Waals surface area contributed by atoms with Gasteiger partial charge in [0.25, 0.3) is 5.91 Å². The van der Waals surface area contributed by atoms with Gasteiger partial charge in [-0.15, -0.1) is 0 Å². The number of allylic oxidation sites excluding steroid dienone is 1. The Balaban J connectivity index is 1.79. The zero-order valence-corrected chi connectivity index (χ0v) is 20.3. The Morgan fingerprint density at radius 2 is 1.94 bits per heavy atom. The Morgan fingerprint density at radius 3 is 2.50 bits per heavy atom. The lowest BCUT2D eigenvalue weighted by atomic mass is 9.94. The first-order valence-corrected chi connectivity index (χ1v) is 11.2.